The summed E-state index contributed by atoms with van der Waals surface area (Å²) in [5.41, 5.74) is 0.927. The average molecular weight is 391 g/mol. The lowest BCUT2D eigenvalue weighted by Crippen LogP contribution is -2.21. The molecule has 0 amide bonds. The zero-order chi connectivity index (χ0) is 20.6. The van der Waals surface area contributed by atoms with E-state index in [4.69, 9.17) is 5.11 Å². The Kier molecular flexibility index (Phi) is 13.1. The monoisotopic (exact) mass is 390 g/mol. The fraction of sp³-hybridized carbons (Fsp3) is 0.667. The lowest BCUT2D eigenvalue weighted by Gasteiger charge is -2.24. The van der Waals surface area contributed by atoms with Gasteiger partial charge in [0.25, 0.3) is 0 Å². The predicted molar refractivity (Wildman–Crippen MR) is 114 cm³/mol. The van der Waals surface area contributed by atoms with Crippen molar-refractivity contribution >= 4 is 11.9 Å². The molecule has 1 aromatic rings. The number of hydrogen-bond donors (Lipinski definition) is 2. The number of benzene rings is 1. The highest BCUT2D eigenvalue weighted by molar-refractivity contribution is 5.76. The van der Waals surface area contributed by atoms with Gasteiger partial charge in [0.2, 0.25) is 0 Å². The SMILES string of the molecule is CCCC(CCCCCCCCCCCC(=O)O)C(C(=O)O)c1ccccc1. The molecule has 2 N–H and O–H groups in total. The van der Waals surface area contributed by atoms with Crippen molar-refractivity contribution in [1.82, 2.24) is 0 Å². The van der Waals surface area contributed by atoms with Gasteiger partial charge < -0.3 is 10.2 Å². The first-order valence-corrected chi connectivity index (χ1v) is 11.1. The Bertz CT molecular complexity index is 541. The summed E-state index contributed by atoms with van der Waals surface area (Å²) in [5.74, 6) is -1.59. The standard InChI is InChI=1S/C24H38O4/c1-2-15-20(23(24(27)28)21-17-12-10-13-18-21)16-11-8-6-4-3-5-7-9-14-19-22(25)26/h10,12-13,17-18,20,23H,2-9,11,14-16,19H2,1H3,(H,25,26)(H,27,28). The first-order valence-electron chi connectivity index (χ1n) is 11.1. The zero-order valence-corrected chi connectivity index (χ0v) is 17.4. The topological polar surface area (TPSA) is 74.6 Å². The third-order valence-electron chi connectivity index (χ3n) is 5.52. The Morgan fingerprint density at radius 1 is 0.786 bits per heavy atom. The normalized spacial score (nSPS) is 13.2. The number of carboxylic acids is 2. The molecule has 0 bridgehead atoms. The molecular formula is C24H38O4. The summed E-state index contributed by atoms with van der Waals surface area (Å²) in [6.07, 6.45) is 13.3. The Balaban J connectivity index is 2.24. The van der Waals surface area contributed by atoms with Crippen LogP contribution >= 0.6 is 0 Å². The van der Waals surface area contributed by atoms with Gasteiger partial charge in [0.1, 0.15) is 0 Å². The van der Waals surface area contributed by atoms with Gasteiger partial charge in [0.05, 0.1) is 5.92 Å². The molecule has 0 aliphatic rings. The maximum atomic E-state index is 11.9. The van der Waals surface area contributed by atoms with E-state index in [2.05, 4.69) is 6.92 Å². The van der Waals surface area contributed by atoms with Crippen molar-refractivity contribution in [3.63, 3.8) is 0 Å². The largest absolute Gasteiger partial charge is 0.481 e. The highest BCUT2D eigenvalue weighted by Crippen LogP contribution is 2.32. The number of unbranched alkanes of at least 4 members (excludes halogenated alkanes) is 8. The molecule has 1 aromatic carbocycles. The molecule has 2 atom stereocenters. The first kappa shape index (κ1) is 24.2. The molecular weight excluding hydrogens is 352 g/mol. The fourth-order valence-corrected chi connectivity index (χ4v) is 4.05. The van der Waals surface area contributed by atoms with E-state index in [1.54, 1.807) is 0 Å². The molecule has 4 heteroatoms. The van der Waals surface area contributed by atoms with E-state index >= 15 is 0 Å². The molecule has 0 spiro atoms. The summed E-state index contributed by atoms with van der Waals surface area (Å²) >= 11 is 0. The molecule has 4 nitrogen and oxygen atoms in total. The van der Waals surface area contributed by atoms with Crippen LogP contribution in [0.25, 0.3) is 0 Å². The molecule has 28 heavy (non-hydrogen) atoms. The van der Waals surface area contributed by atoms with Gasteiger partial charge in [-0.2, -0.15) is 0 Å². The molecule has 0 aliphatic heterocycles. The summed E-state index contributed by atoms with van der Waals surface area (Å²) < 4.78 is 0. The third kappa shape index (κ3) is 10.5. The smallest absolute Gasteiger partial charge is 0.311 e. The number of carboxylic acid groups (broad SMARTS) is 2. The van der Waals surface area contributed by atoms with Crippen LogP contribution in [-0.4, -0.2) is 22.2 Å². The van der Waals surface area contributed by atoms with Gasteiger partial charge in [-0.25, -0.2) is 0 Å². The van der Waals surface area contributed by atoms with Crippen LogP contribution in [0.4, 0.5) is 0 Å². The zero-order valence-electron chi connectivity index (χ0n) is 17.4. The molecule has 0 radical (unpaired) electrons. The van der Waals surface area contributed by atoms with Crippen molar-refractivity contribution in [1.29, 1.82) is 0 Å². The summed E-state index contributed by atoms with van der Waals surface area (Å²) in [6, 6.07) is 9.67. The van der Waals surface area contributed by atoms with Crippen molar-refractivity contribution in [2.75, 3.05) is 0 Å². The van der Waals surface area contributed by atoms with Gasteiger partial charge in [-0.3, -0.25) is 9.59 Å². The van der Waals surface area contributed by atoms with Crippen LogP contribution < -0.4 is 0 Å². The van der Waals surface area contributed by atoms with Gasteiger partial charge in [0, 0.05) is 6.42 Å². The van der Waals surface area contributed by atoms with E-state index < -0.39 is 17.9 Å². The van der Waals surface area contributed by atoms with Crippen molar-refractivity contribution in [2.24, 2.45) is 5.92 Å². The van der Waals surface area contributed by atoms with Gasteiger partial charge in [-0.05, 0) is 30.7 Å². The minimum atomic E-state index is -0.701. The van der Waals surface area contributed by atoms with E-state index in [9.17, 15) is 14.7 Å². The van der Waals surface area contributed by atoms with Crippen molar-refractivity contribution < 1.29 is 19.8 Å². The minimum absolute atomic E-state index is 0.208. The van der Waals surface area contributed by atoms with E-state index in [1.807, 2.05) is 30.3 Å². The summed E-state index contributed by atoms with van der Waals surface area (Å²) in [6.45, 7) is 2.13. The number of aliphatic carboxylic acids is 2. The Labute approximate surface area is 170 Å². The minimum Gasteiger partial charge on any atom is -0.481 e. The highest BCUT2D eigenvalue weighted by atomic mass is 16.4. The van der Waals surface area contributed by atoms with E-state index in [-0.39, 0.29) is 5.92 Å². The second-order valence-corrected chi connectivity index (χ2v) is 7.89. The van der Waals surface area contributed by atoms with E-state index in [0.29, 0.717) is 6.42 Å². The van der Waals surface area contributed by atoms with Crippen LogP contribution in [0.15, 0.2) is 30.3 Å². The number of hydrogen-bond acceptors (Lipinski definition) is 2. The second kappa shape index (κ2) is 15.1. The summed E-state index contributed by atoms with van der Waals surface area (Å²) in [5, 5.41) is 18.4. The van der Waals surface area contributed by atoms with Crippen molar-refractivity contribution in [2.45, 2.75) is 96.3 Å². The van der Waals surface area contributed by atoms with Gasteiger partial charge in [-0.15, -0.1) is 0 Å². The molecule has 0 aromatic heterocycles. The lowest BCUT2D eigenvalue weighted by atomic mass is 9.80. The van der Waals surface area contributed by atoms with Gasteiger partial charge in [0.15, 0.2) is 0 Å². The molecule has 0 aliphatic carbocycles. The Morgan fingerprint density at radius 3 is 1.82 bits per heavy atom. The van der Waals surface area contributed by atoms with Gasteiger partial charge in [-0.1, -0.05) is 95.0 Å². The Morgan fingerprint density at radius 2 is 1.32 bits per heavy atom. The molecule has 0 heterocycles. The maximum absolute atomic E-state index is 11.9. The second-order valence-electron chi connectivity index (χ2n) is 7.89. The molecule has 0 fully saturated rings. The van der Waals surface area contributed by atoms with E-state index in [1.165, 1.54) is 32.1 Å². The average Bonchev–Trinajstić information content (AvgIpc) is 2.66. The molecule has 0 saturated heterocycles. The van der Waals surface area contributed by atoms with Crippen LogP contribution in [0.5, 0.6) is 0 Å². The Hall–Kier alpha value is -1.84. The number of rotatable bonds is 17. The van der Waals surface area contributed by atoms with Crippen LogP contribution in [0, 0.1) is 5.92 Å². The first-order chi connectivity index (χ1) is 13.6. The van der Waals surface area contributed by atoms with Crippen molar-refractivity contribution in [3.05, 3.63) is 35.9 Å². The molecule has 2 unspecified atom stereocenters. The third-order valence-corrected chi connectivity index (χ3v) is 5.52. The molecule has 0 saturated carbocycles. The van der Waals surface area contributed by atoms with Crippen molar-refractivity contribution in [3.8, 4) is 0 Å². The lowest BCUT2D eigenvalue weighted by molar-refractivity contribution is -0.140. The van der Waals surface area contributed by atoms with Crippen LogP contribution in [0.3, 0.4) is 0 Å². The maximum Gasteiger partial charge on any atom is 0.311 e. The van der Waals surface area contributed by atoms with Gasteiger partial charge >= 0.3 is 11.9 Å². The highest BCUT2D eigenvalue weighted by Gasteiger charge is 2.28. The molecule has 158 valence electrons. The number of carbonyl (C=O) groups is 2. The molecule has 1 rings (SSSR count). The quantitative estimate of drug-likeness (QED) is 0.292. The van der Waals surface area contributed by atoms with Crippen LogP contribution in [-0.2, 0) is 9.59 Å². The van der Waals surface area contributed by atoms with E-state index in [0.717, 1.165) is 50.5 Å². The van der Waals surface area contributed by atoms with Crippen LogP contribution in [0.2, 0.25) is 0 Å². The predicted octanol–water partition coefficient (Wildman–Crippen LogP) is 6.65. The fourth-order valence-electron chi connectivity index (χ4n) is 4.05. The summed E-state index contributed by atoms with van der Waals surface area (Å²) in [4.78, 5) is 22.4. The summed E-state index contributed by atoms with van der Waals surface area (Å²) in [7, 11) is 0. The van der Waals surface area contributed by atoms with Crippen LogP contribution in [0.1, 0.15) is 102 Å².